The fraction of sp³-hybridized carbons (Fsp3) is 0.471. The highest BCUT2D eigenvalue weighted by molar-refractivity contribution is 5.97. The molecule has 0 aromatic heterocycles. The Hall–Kier alpha value is -2.61. The summed E-state index contributed by atoms with van der Waals surface area (Å²) in [4.78, 5) is 35.3. The number of hydrogen-bond donors (Lipinski definition) is 4. The van der Waals surface area contributed by atoms with Crippen molar-refractivity contribution in [1.82, 2.24) is 10.6 Å². The van der Waals surface area contributed by atoms with Gasteiger partial charge in [0, 0.05) is 23.9 Å². The maximum absolute atomic E-state index is 12.5. The quantitative estimate of drug-likeness (QED) is 0.622. The highest BCUT2D eigenvalue weighted by Gasteiger charge is 2.38. The Balaban J connectivity index is 2.07. The maximum Gasteiger partial charge on any atom is 0.319 e. The van der Waals surface area contributed by atoms with Crippen LogP contribution >= 0.6 is 0 Å². The molecule has 0 radical (unpaired) electrons. The third-order valence-electron chi connectivity index (χ3n) is 3.77. The summed E-state index contributed by atoms with van der Waals surface area (Å²) in [5, 5.41) is 17.2. The Bertz CT molecular complexity index is 653. The van der Waals surface area contributed by atoms with Gasteiger partial charge in [0.2, 0.25) is 0 Å². The van der Waals surface area contributed by atoms with E-state index in [1.54, 1.807) is 24.3 Å². The molecule has 1 fully saturated rings. The molecule has 1 heterocycles. The lowest BCUT2D eigenvalue weighted by Crippen LogP contribution is -2.50. The molecule has 3 amide bonds. The van der Waals surface area contributed by atoms with E-state index in [0.717, 1.165) is 0 Å². The number of hydrogen-bond acceptors (Lipinski definition) is 4. The van der Waals surface area contributed by atoms with Crippen LogP contribution < -0.4 is 16.0 Å². The summed E-state index contributed by atoms with van der Waals surface area (Å²) in [7, 11) is 0. The van der Waals surface area contributed by atoms with Gasteiger partial charge in [-0.2, -0.15) is 0 Å². The minimum absolute atomic E-state index is 0.00951. The molecule has 0 bridgehead atoms. The molecule has 0 aliphatic carbocycles. The lowest BCUT2D eigenvalue weighted by Gasteiger charge is -2.27. The van der Waals surface area contributed by atoms with E-state index in [4.69, 9.17) is 9.84 Å². The van der Waals surface area contributed by atoms with Gasteiger partial charge in [-0.1, -0.05) is 6.07 Å². The first-order valence-corrected chi connectivity index (χ1v) is 8.09. The van der Waals surface area contributed by atoms with Gasteiger partial charge < -0.3 is 25.8 Å². The largest absolute Gasteiger partial charge is 0.481 e. The van der Waals surface area contributed by atoms with Crippen LogP contribution in [-0.2, 0) is 9.53 Å². The van der Waals surface area contributed by atoms with Gasteiger partial charge in [0.15, 0.2) is 0 Å². The van der Waals surface area contributed by atoms with Crippen molar-refractivity contribution in [3.8, 4) is 0 Å². The second-order valence-electron chi connectivity index (χ2n) is 6.44. The topological polar surface area (TPSA) is 117 Å². The smallest absolute Gasteiger partial charge is 0.319 e. The van der Waals surface area contributed by atoms with Crippen LogP contribution in [0.15, 0.2) is 24.3 Å². The van der Waals surface area contributed by atoms with Crippen molar-refractivity contribution in [1.29, 1.82) is 0 Å². The zero-order valence-corrected chi connectivity index (χ0v) is 14.3. The van der Waals surface area contributed by atoms with Crippen LogP contribution in [0.3, 0.4) is 0 Å². The summed E-state index contributed by atoms with van der Waals surface area (Å²) < 4.78 is 5.27. The van der Waals surface area contributed by atoms with Crippen molar-refractivity contribution in [3.63, 3.8) is 0 Å². The number of carbonyl (C=O) groups excluding carboxylic acids is 2. The number of rotatable bonds is 6. The standard InChI is InChI=1S/C17H23N3O5/c1-11(2)18-16(24)19-13-5-3-4-12(8-13)15(23)20-17(9-14(21)22)6-7-25-10-17/h3-5,8,11H,6-7,9-10H2,1-2H3,(H,20,23)(H,21,22)(H2,18,19,24). The summed E-state index contributed by atoms with van der Waals surface area (Å²) in [6.07, 6.45) is 0.243. The Labute approximate surface area is 145 Å². The normalized spacial score (nSPS) is 19.5. The summed E-state index contributed by atoms with van der Waals surface area (Å²) in [5.74, 6) is -1.40. The molecule has 25 heavy (non-hydrogen) atoms. The fourth-order valence-corrected chi connectivity index (χ4v) is 2.66. The summed E-state index contributed by atoms with van der Waals surface area (Å²) in [5.41, 5.74) is -0.0961. The summed E-state index contributed by atoms with van der Waals surface area (Å²) >= 11 is 0. The molecule has 8 nitrogen and oxygen atoms in total. The van der Waals surface area contributed by atoms with Crippen LogP contribution in [0.25, 0.3) is 0 Å². The number of nitrogens with one attached hydrogen (secondary N) is 3. The van der Waals surface area contributed by atoms with Crippen molar-refractivity contribution < 1.29 is 24.2 Å². The molecule has 4 N–H and O–H groups in total. The minimum atomic E-state index is -0.994. The number of ether oxygens (including phenoxy) is 1. The Morgan fingerprint density at radius 2 is 2.08 bits per heavy atom. The molecule has 136 valence electrons. The zero-order valence-electron chi connectivity index (χ0n) is 14.3. The molecule has 1 aliphatic rings. The predicted octanol–water partition coefficient (Wildman–Crippen LogP) is 1.58. The number of aliphatic carboxylic acids is 1. The van der Waals surface area contributed by atoms with Crippen LogP contribution in [-0.4, -0.2) is 47.8 Å². The molecular formula is C17H23N3O5. The third-order valence-corrected chi connectivity index (χ3v) is 3.77. The molecule has 0 spiro atoms. The summed E-state index contributed by atoms with van der Waals surface area (Å²) in [6, 6.07) is 6.09. The predicted molar refractivity (Wildman–Crippen MR) is 91.6 cm³/mol. The molecule has 2 rings (SSSR count). The number of benzene rings is 1. The molecule has 0 saturated carbocycles. The Morgan fingerprint density at radius 3 is 2.68 bits per heavy atom. The van der Waals surface area contributed by atoms with E-state index in [-0.39, 0.29) is 25.1 Å². The number of anilines is 1. The average molecular weight is 349 g/mol. The van der Waals surface area contributed by atoms with Gasteiger partial charge in [0.05, 0.1) is 18.6 Å². The van der Waals surface area contributed by atoms with Gasteiger partial charge in [0.25, 0.3) is 5.91 Å². The minimum Gasteiger partial charge on any atom is -0.481 e. The maximum atomic E-state index is 12.5. The van der Waals surface area contributed by atoms with Crippen LogP contribution in [0.5, 0.6) is 0 Å². The lowest BCUT2D eigenvalue weighted by molar-refractivity contribution is -0.138. The Morgan fingerprint density at radius 1 is 1.32 bits per heavy atom. The van der Waals surface area contributed by atoms with E-state index in [9.17, 15) is 14.4 Å². The first kappa shape index (κ1) is 18.7. The molecule has 1 saturated heterocycles. The van der Waals surface area contributed by atoms with Crippen LogP contribution in [0.1, 0.15) is 37.0 Å². The number of amides is 3. The summed E-state index contributed by atoms with van der Waals surface area (Å²) in [6.45, 7) is 4.26. The molecule has 1 aromatic carbocycles. The van der Waals surface area contributed by atoms with Crippen molar-refractivity contribution in [2.24, 2.45) is 0 Å². The molecular weight excluding hydrogens is 326 g/mol. The van der Waals surface area contributed by atoms with Crippen LogP contribution in [0, 0.1) is 0 Å². The fourth-order valence-electron chi connectivity index (χ4n) is 2.66. The number of carboxylic acid groups (broad SMARTS) is 1. The van der Waals surface area contributed by atoms with Crippen molar-refractivity contribution in [2.75, 3.05) is 18.5 Å². The second kappa shape index (κ2) is 7.98. The van der Waals surface area contributed by atoms with E-state index < -0.39 is 17.4 Å². The number of carboxylic acids is 1. The van der Waals surface area contributed by atoms with E-state index in [0.29, 0.717) is 24.3 Å². The van der Waals surface area contributed by atoms with Crippen LogP contribution in [0.2, 0.25) is 0 Å². The lowest BCUT2D eigenvalue weighted by atomic mass is 9.93. The Kier molecular flexibility index (Phi) is 5.97. The molecule has 8 heteroatoms. The van der Waals surface area contributed by atoms with Gasteiger partial charge in [-0.05, 0) is 38.5 Å². The van der Waals surface area contributed by atoms with Crippen molar-refractivity contribution in [2.45, 2.75) is 38.3 Å². The van der Waals surface area contributed by atoms with Gasteiger partial charge >= 0.3 is 12.0 Å². The monoisotopic (exact) mass is 349 g/mol. The van der Waals surface area contributed by atoms with Gasteiger partial charge in [-0.25, -0.2) is 4.79 Å². The van der Waals surface area contributed by atoms with Crippen molar-refractivity contribution in [3.05, 3.63) is 29.8 Å². The zero-order chi connectivity index (χ0) is 18.4. The van der Waals surface area contributed by atoms with E-state index in [1.807, 2.05) is 13.8 Å². The molecule has 1 unspecified atom stereocenters. The third kappa shape index (κ3) is 5.46. The van der Waals surface area contributed by atoms with Crippen molar-refractivity contribution >= 4 is 23.6 Å². The van der Waals surface area contributed by atoms with Gasteiger partial charge in [-0.3, -0.25) is 9.59 Å². The SMILES string of the molecule is CC(C)NC(=O)Nc1cccc(C(=O)NC2(CC(=O)O)CCOC2)c1. The second-order valence-corrected chi connectivity index (χ2v) is 6.44. The van der Waals surface area contributed by atoms with E-state index in [2.05, 4.69) is 16.0 Å². The number of carbonyl (C=O) groups is 3. The highest BCUT2D eigenvalue weighted by atomic mass is 16.5. The number of urea groups is 1. The highest BCUT2D eigenvalue weighted by Crippen LogP contribution is 2.23. The van der Waals surface area contributed by atoms with Gasteiger partial charge in [-0.15, -0.1) is 0 Å². The van der Waals surface area contributed by atoms with E-state index >= 15 is 0 Å². The van der Waals surface area contributed by atoms with Crippen LogP contribution in [0.4, 0.5) is 10.5 Å². The average Bonchev–Trinajstić information content (AvgIpc) is 2.93. The first-order chi connectivity index (χ1) is 11.8. The van der Waals surface area contributed by atoms with E-state index in [1.165, 1.54) is 0 Å². The molecule has 1 aromatic rings. The first-order valence-electron chi connectivity index (χ1n) is 8.09. The van der Waals surface area contributed by atoms with Gasteiger partial charge in [0.1, 0.15) is 0 Å². The molecule has 1 atom stereocenters. The molecule has 1 aliphatic heterocycles.